The molecule has 112 valence electrons. The Bertz CT molecular complexity index is 720. The zero-order chi connectivity index (χ0) is 15.5. The molecule has 2 aromatic rings. The second-order valence-electron chi connectivity index (χ2n) is 4.61. The van der Waals surface area contributed by atoms with Gasteiger partial charge in [-0.15, -0.1) is 0 Å². The Hall–Kier alpha value is -1.44. The minimum atomic E-state index is -3.60. The van der Waals surface area contributed by atoms with Crippen LogP contribution in [0.15, 0.2) is 52.1 Å². The first-order valence-corrected chi connectivity index (χ1v) is 8.55. The van der Waals surface area contributed by atoms with Crippen molar-refractivity contribution in [3.8, 4) is 0 Å². The fourth-order valence-electron chi connectivity index (χ4n) is 1.86. The van der Waals surface area contributed by atoms with E-state index >= 15 is 0 Å². The highest BCUT2D eigenvalue weighted by Gasteiger charge is 2.23. The van der Waals surface area contributed by atoms with Gasteiger partial charge in [0.05, 0.1) is 5.69 Å². The number of hydrogen-bond donors (Lipinski definition) is 1. The Morgan fingerprint density at radius 2 is 1.90 bits per heavy atom. The van der Waals surface area contributed by atoms with Crippen molar-refractivity contribution >= 4 is 31.6 Å². The average molecular weight is 370 g/mol. The molecule has 7 heteroatoms. The second-order valence-corrected chi connectivity index (χ2v) is 7.54. The van der Waals surface area contributed by atoms with Crippen LogP contribution in [0.3, 0.4) is 0 Å². The van der Waals surface area contributed by atoms with Crippen molar-refractivity contribution < 1.29 is 8.42 Å². The lowest BCUT2D eigenvalue weighted by Gasteiger charge is -2.18. The SMILES string of the molecule is CN(CCc1ccncc1)S(=O)(=O)c1cc(Br)ccc1N. The van der Waals surface area contributed by atoms with E-state index in [0.717, 1.165) is 5.56 Å². The minimum absolute atomic E-state index is 0.120. The fourth-order valence-corrected chi connectivity index (χ4v) is 3.68. The lowest BCUT2D eigenvalue weighted by Crippen LogP contribution is -2.29. The number of benzene rings is 1. The smallest absolute Gasteiger partial charge is 0.244 e. The molecule has 0 atom stereocenters. The number of pyridine rings is 1. The molecule has 1 aromatic carbocycles. The molecule has 0 unspecified atom stereocenters. The van der Waals surface area contributed by atoms with Gasteiger partial charge < -0.3 is 5.73 Å². The second kappa shape index (κ2) is 6.55. The predicted octanol–water partition coefficient (Wildman–Crippen LogP) is 2.29. The fraction of sp³-hybridized carbons (Fsp3) is 0.214. The standard InChI is InChI=1S/C14H16BrN3O2S/c1-18(9-6-11-4-7-17-8-5-11)21(19,20)14-10-12(15)2-3-13(14)16/h2-5,7-8,10H,6,9,16H2,1H3. The molecule has 0 bridgehead atoms. The zero-order valence-corrected chi connectivity index (χ0v) is 13.9. The lowest BCUT2D eigenvalue weighted by molar-refractivity contribution is 0.473. The summed E-state index contributed by atoms with van der Waals surface area (Å²) in [5.41, 5.74) is 7.07. The molecule has 0 aliphatic heterocycles. The van der Waals surface area contributed by atoms with Crippen LogP contribution in [0.5, 0.6) is 0 Å². The van der Waals surface area contributed by atoms with Gasteiger partial charge in [0, 0.05) is 30.5 Å². The number of nitrogens with zero attached hydrogens (tertiary/aromatic N) is 2. The van der Waals surface area contributed by atoms with Crippen molar-refractivity contribution in [2.24, 2.45) is 0 Å². The van der Waals surface area contributed by atoms with E-state index in [2.05, 4.69) is 20.9 Å². The predicted molar refractivity (Wildman–Crippen MR) is 86.3 cm³/mol. The maximum atomic E-state index is 12.5. The van der Waals surface area contributed by atoms with Crippen molar-refractivity contribution in [3.63, 3.8) is 0 Å². The summed E-state index contributed by atoms with van der Waals surface area (Å²) in [5, 5.41) is 0. The van der Waals surface area contributed by atoms with Crippen molar-refractivity contribution in [2.75, 3.05) is 19.3 Å². The quantitative estimate of drug-likeness (QED) is 0.820. The number of likely N-dealkylation sites (N-methyl/N-ethyl adjacent to an activating group) is 1. The van der Waals surface area contributed by atoms with Crippen LogP contribution < -0.4 is 5.73 Å². The molecule has 0 fully saturated rings. The van der Waals surface area contributed by atoms with E-state index in [1.54, 1.807) is 31.6 Å². The van der Waals surface area contributed by atoms with E-state index in [1.165, 1.54) is 10.4 Å². The van der Waals surface area contributed by atoms with Crippen LogP contribution in [-0.2, 0) is 16.4 Å². The first kappa shape index (κ1) is 15.9. The topological polar surface area (TPSA) is 76.3 Å². The molecule has 0 amide bonds. The summed E-state index contributed by atoms with van der Waals surface area (Å²) in [7, 11) is -2.05. The largest absolute Gasteiger partial charge is 0.398 e. The van der Waals surface area contributed by atoms with Gasteiger partial charge >= 0.3 is 0 Å². The van der Waals surface area contributed by atoms with E-state index in [4.69, 9.17) is 5.73 Å². The van der Waals surface area contributed by atoms with Gasteiger partial charge in [-0.25, -0.2) is 12.7 Å². The number of rotatable bonds is 5. The molecule has 0 radical (unpaired) electrons. The maximum Gasteiger partial charge on any atom is 0.244 e. The summed E-state index contributed by atoms with van der Waals surface area (Å²) in [6.45, 7) is 0.373. The van der Waals surface area contributed by atoms with Gasteiger partial charge in [-0.1, -0.05) is 15.9 Å². The first-order chi connectivity index (χ1) is 9.91. The van der Waals surface area contributed by atoms with Crippen LogP contribution in [0.1, 0.15) is 5.56 Å². The summed E-state index contributed by atoms with van der Waals surface area (Å²) >= 11 is 3.27. The number of anilines is 1. The van der Waals surface area contributed by atoms with Crippen LogP contribution in [0, 0.1) is 0 Å². The number of nitrogen functional groups attached to an aromatic ring is 1. The third kappa shape index (κ3) is 3.81. The highest BCUT2D eigenvalue weighted by molar-refractivity contribution is 9.10. The van der Waals surface area contributed by atoms with Crippen LogP contribution in [0.2, 0.25) is 0 Å². The van der Waals surface area contributed by atoms with Crippen LogP contribution in [-0.4, -0.2) is 31.3 Å². The summed E-state index contributed by atoms with van der Waals surface area (Å²) in [5.74, 6) is 0. The van der Waals surface area contributed by atoms with E-state index < -0.39 is 10.0 Å². The van der Waals surface area contributed by atoms with E-state index in [0.29, 0.717) is 17.4 Å². The Labute approximate surface area is 133 Å². The van der Waals surface area contributed by atoms with Crippen LogP contribution in [0.4, 0.5) is 5.69 Å². The van der Waals surface area contributed by atoms with Crippen molar-refractivity contribution in [3.05, 3.63) is 52.8 Å². The number of hydrogen-bond acceptors (Lipinski definition) is 4. The Balaban J connectivity index is 2.17. The monoisotopic (exact) mass is 369 g/mol. The highest BCUT2D eigenvalue weighted by Crippen LogP contribution is 2.25. The first-order valence-electron chi connectivity index (χ1n) is 6.31. The summed E-state index contributed by atoms with van der Waals surface area (Å²) < 4.78 is 27.1. The third-order valence-electron chi connectivity index (χ3n) is 3.13. The Morgan fingerprint density at radius 1 is 1.24 bits per heavy atom. The number of nitrogens with two attached hydrogens (primary N) is 1. The molecule has 1 aromatic heterocycles. The van der Waals surface area contributed by atoms with Gasteiger partial charge in [0.15, 0.2) is 0 Å². The van der Waals surface area contributed by atoms with Gasteiger partial charge in [0.2, 0.25) is 10.0 Å². The molecule has 2 N–H and O–H groups in total. The highest BCUT2D eigenvalue weighted by atomic mass is 79.9. The third-order valence-corrected chi connectivity index (χ3v) is 5.53. The molecule has 5 nitrogen and oxygen atoms in total. The van der Waals surface area contributed by atoms with E-state index in [1.807, 2.05) is 12.1 Å². The molecule has 2 rings (SSSR count). The van der Waals surface area contributed by atoms with Gasteiger partial charge in [-0.3, -0.25) is 4.98 Å². The molecular formula is C14H16BrN3O2S. The Kier molecular flexibility index (Phi) is 4.97. The maximum absolute atomic E-state index is 12.5. The van der Waals surface area contributed by atoms with Gasteiger partial charge in [-0.05, 0) is 42.3 Å². The molecular weight excluding hydrogens is 354 g/mol. The normalized spacial score (nSPS) is 11.8. The summed E-state index contributed by atoms with van der Waals surface area (Å²) in [6.07, 6.45) is 4.00. The van der Waals surface area contributed by atoms with Gasteiger partial charge in [-0.2, -0.15) is 0 Å². The number of halogens is 1. The lowest BCUT2D eigenvalue weighted by atomic mass is 10.2. The van der Waals surface area contributed by atoms with Gasteiger partial charge in [0.25, 0.3) is 0 Å². The molecule has 1 heterocycles. The van der Waals surface area contributed by atoms with Crippen LogP contribution >= 0.6 is 15.9 Å². The number of aromatic nitrogens is 1. The zero-order valence-electron chi connectivity index (χ0n) is 11.5. The van der Waals surface area contributed by atoms with E-state index in [9.17, 15) is 8.42 Å². The van der Waals surface area contributed by atoms with Crippen LogP contribution in [0.25, 0.3) is 0 Å². The molecule has 0 saturated heterocycles. The Morgan fingerprint density at radius 3 is 2.57 bits per heavy atom. The number of sulfonamides is 1. The van der Waals surface area contributed by atoms with Crippen molar-refractivity contribution in [1.82, 2.24) is 9.29 Å². The summed E-state index contributed by atoms with van der Waals surface area (Å²) in [6, 6.07) is 8.55. The summed E-state index contributed by atoms with van der Waals surface area (Å²) in [4.78, 5) is 4.06. The molecule has 0 aliphatic rings. The molecule has 0 spiro atoms. The van der Waals surface area contributed by atoms with Gasteiger partial charge in [0.1, 0.15) is 4.90 Å². The minimum Gasteiger partial charge on any atom is -0.398 e. The van der Waals surface area contributed by atoms with Crippen molar-refractivity contribution in [2.45, 2.75) is 11.3 Å². The average Bonchev–Trinajstić information content (AvgIpc) is 2.48. The molecule has 0 aliphatic carbocycles. The molecule has 21 heavy (non-hydrogen) atoms. The van der Waals surface area contributed by atoms with Crippen molar-refractivity contribution in [1.29, 1.82) is 0 Å². The molecule has 0 saturated carbocycles. The van der Waals surface area contributed by atoms with E-state index in [-0.39, 0.29) is 10.6 Å².